The van der Waals surface area contributed by atoms with Crippen LogP contribution in [0.2, 0.25) is 0 Å². The third-order valence-electron chi connectivity index (χ3n) is 6.44. The van der Waals surface area contributed by atoms with Crippen LogP contribution in [0.5, 0.6) is 11.5 Å². The van der Waals surface area contributed by atoms with Gasteiger partial charge >= 0.3 is 10.4 Å². The average Bonchev–Trinajstić information content (AvgIpc) is 2.85. The summed E-state index contributed by atoms with van der Waals surface area (Å²) in [5.74, 6) is 0.687. The van der Waals surface area contributed by atoms with E-state index in [1.54, 1.807) is 24.3 Å². The predicted octanol–water partition coefficient (Wildman–Crippen LogP) is 7.88. The first kappa shape index (κ1) is 36.5. The standard InChI is InChI=1S/2C15H25NO.H2O4S/c2*1-2-3-4-5-6-7-8-10-13-14(16)11-9-12-15(13)17;1-5(2,3)4/h2*9,11-12,17H,2-8,10,16H2,1H3;(H2,1,2,3,4). The van der Waals surface area contributed by atoms with E-state index in [1.807, 2.05) is 12.1 Å². The number of phenols is 2. The summed E-state index contributed by atoms with van der Waals surface area (Å²) in [4.78, 5) is 0. The van der Waals surface area contributed by atoms with Gasteiger partial charge in [-0.3, -0.25) is 9.11 Å². The Hall–Kier alpha value is -2.49. The van der Waals surface area contributed by atoms with Gasteiger partial charge < -0.3 is 21.7 Å². The van der Waals surface area contributed by atoms with Crippen molar-refractivity contribution in [2.75, 3.05) is 11.5 Å². The van der Waals surface area contributed by atoms with E-state index in [9.17, 15) is 10.2 Å². The molecule has 0 unspecified atom stereocenters. The average molecular weight is 569 g/mol. The van der Waals surface area contributed by atoms with E-state index in [0.717, 1.165) is 48.2 Å². The number of rotatable bonds is 16. The second-order valence-corrected chi connectivity index (χ2v) is 10.8. The summed E-state index contributed by atoms with van der Waals surface area (Å²) in [6.07, 6.45) is 19.8. The molecule has 0 heterocycles. The van der Waals surface area contributed by atoms with Gasteiger partial charge in [-0.05, 0) is 49.9 Å². The Morgan fingerprint density at radius 1 is 0.564 bits per heavy atom. The number of hydrogen-bond donors (Lipinski definition) is 6. The molecule has 0 saturated carbocycles. The van der Waals surface area contributed by atoms with Gasteiger partial charge in [-0.25, -0.2) is 0 Å². The van der Waals surface area contributed by atoms with Gasteiger partial charge in [0.05, 0.1) is 0 Å². The number of phenolic OH excluding ortho intramolecular Hbond substituents is 2. The number of nitrogen functional groups attached to an aromatic ring is 2. The Labute approximate surface area is 236 Å². The molecule has 0 spiro atoms. The Bertz CT molecular complexity index is 885. The van der Waals surface area contributed by atoms with Crippen molar-refractivity contribution in [1.82, 2.24) is 0 Å². The Balaban J connectivity index is 0.000000632. The fourth-order valence-corrected chi connectivity index (χ4v) is 4.25. The molecule has 0 radical (unpaired) electrons. The zero-order valence-corrected chi connectivity index (χ0v) is 24.8. The van der Waals surface area contributed by atoms with E-state index < -0.39 is 10.4 Å². The third kappa shape index (κ3) is 21.1. The van der Waals surface area contributed by atoms with Gasteiger partial charge in [-0.15, -0.1) is 0 Å². The molecule has 0 aliphatic rings. The van der Waals surface area contributed by atoms with Crippen LogP contribution in [-0.4, -0.2) is 27.7 Å². The normalized spacial score (nSPS) is 10.8. The molecule has 8 nitrogen and oxygen atoms in total. The number of unbranched alkanes of at least 4 members (excludes halogenated alkanes) is 12. The first-order valence-electron chi connectivity index (χ1n) is 14.3. The number of anilines is 2. The minimum Gasteiger partial charge on any atom is -0.508 e. The minimum absolute atomic E-state index is 0.344. The van der Waals surface area contributed by atoms with Crippen LogP contribution in [0, 0.1) is 0 Å². The Morgan fingerprint density at radius 3 is 1.13 bits per heavy atom. The molecule has 224 valence electrons. The predicted molar refractivity (Wildman–Crippen MR) is 163 cm³/mol. The van der Waals surface area contributed by atoms with Gasteiger partial charge in [-0.2, -0.15) is 8.42 Å². The fourth-order valence-electron chi connectivity index (χ4n) is 4.25. The van der Waals surface area contributed by atoms with Crippen LogP contribution in [0.15, 0.2) is 36.4 Å². The lowest BCUT2D eigenvalue weighted by molar-refractivity contribution is 0.381. The summed E-state index contributed by atoms with van der Waals surface area (Å²) < 4.78 is 31.6. The van der Waals surface area contributed by atoms with Gasteiger partial charge in [0.15, 0.2) is 0 Å². The Morgan fingerprint density at radius 2 is 0.846 bits per heavy atom. The summed E-state index contributed by atoms with van der Waals surface area (Å²) in [5, 5.41) is 19.4. The smallest absolute Gasteiger partial charge is 0.394 e. The lowest BCUT2D eigenvalue weighted by Crippen LogP contribution is -1.95. The van der Waals surface area contributed by atoms with Crippen molar-refractivity contribution in [2.45, 2.75) is 117 Å². The summed E-state index contributed by atoms with van der Waals surface area (Å²) in [6.45, 7) is 4.47. The molecule has 0 saturated heterocycles. The van der Waals surface area contributed by atoms with Crippen molar-refractivity contribution >= 4 is 21.8 Å². The molecular formula is C30H52N2O6S. The van der Waals surface area contributed by atoms with Crippen LogP contribution in [0.1, 0.15) is 115 Å². The maximum atomic E-state index is 9.68. The lowest BCUT2D eigenvalue weighted by Gasteiger charge is -2.07. The molecule has 0 amide bonds. The van der Waals surface area contributed by atoms with Crippen LogP contribution >= 0.6 is 0 Å². The fraction of sp³-hybridized carbons (Fsp3) is 0.600. The molecule has 0 fully saturated rings. The zero-order valence-electron chi connectivity index (χ0n) is 23.9. The van der Waals surface area contributed by atoms with Gasteiger partial charge in [0.2, 0.25) is 0 Å². The van der Waals surface area contributed by atoms with Crippen molar-refractivity contribution < 1.29 is 27.7 Å². The monoisotopic (exact) mass is 568 g/mol. The quantitative estimate of drug-likeness (QED) is 0.0675. The van der Waals surface area contributed by atoms with E-state index in [1.165, 1.54) is 77.0 Å². The zero-order chi connectivity index (χ0) is 29.5. The van der Waals surface area contributed by atoms with Gasteiger partial charge in [0.25, 0.3) is 0 Å². The molecular weight excluding hydrogens is 516 g/mol. The maximum Gasteiger partial charge on any atom is 0.394 e. The van der Waals surface area contributed by atoms with E-state index in [-0.39, 0.29) is 0 Å². The van der Waals surface area contributed by atoms with E-state index in [4.69, 9.17) is 29.0 Å². The summed E-state index contributed by atoms with van der Waals surface area (Å²) in [7, 11) is -4.67. The van der Waals surface area contributed by atoms with Gasteiger partial charge in [0, 0.05) is 22.5 Å². The summed E-state index contributed by atoms with van der Waals surface area (Å²) in [5.41, 5.74) is 15.0. The molecule has 0 aliphatic heterocycles. The highest BCUT2D eigenvalue weighted by atomic mass is 32.3. The summed E-state index contributed by atoms with van der Waals surface area (Å²) in [6, 6.07) is 10.7. The van der Waals surface area contributed by atoms with Crippen molar-refractivity contribution in [3.05, 3.63) is 47.5 Å². The van der Waals surface area contributed by atoms with Crippen LogP contribution in [0.25, 0.3) is 0 Å². The molecule has 2 aromatic rings. The molecule has 0 aliphatic carbocycles. The molecule has 0 bridgehead atoms. The largest absolute Gasteiger partial charge is 0.508 e. The van der Waals surface area contributed by atoms with Crippen LogP contribution in [-0.2, 0) is 23.2 Å². The van der Waals surface area contributed by atoms with E-state index >= 15 is 0 Å². The van der Waals surface area contributed by atoms with Crippen molar-refractivity contribution in [3.8, 4) is 11.5 Å². The molecule has 2 aromatic carbocycles. The molecule has 2 rings (SSSR count). The van der Waals surface area contributed by atoms with E-state index in [2.05, 4.69) is 13.8 Å². The molecule has 0 aromatic heterocycles. The first-order chi connectivity index (χ1) is 18.5. The topological polar surface area (TPSA) is 167 Å². The SMILES string of the molecule is CCCCCCCCCc1c(N)cccc1O.CCCCCCCCCc1c(N)cccc1O.O=S(=O)(O)O. The van der Waals surface area contributed by atoms with Crippen molar-refractivity contribution in [1.29, 1.82) is 0 Å². The lowest BCUT2D eigenvalue weighted by atomic mass is 10.0. The third-order valence-corrected chi connectivity index (χ3v) is 6.44. The van der Waals surface area contributed by atoms with Crippen molar-refractivity contribution in [3.63, 3.8) is 0 Å². The molecule has 39 heavy (non-hydrogen) atoms. The minimum atomic E-state index is -4.67. The van der Waals surface area contributed by atoms with Crippen LogP contribution < -0.4 is 11.5 Å². The van der Waals surface area contributed by atoms with Gasteiger partial charge in [0.1, 0.15) is 11.5 Å². The van der Waals surface area contributed by atoms with Crippen LogP contribution in [0.4, 0.5) is 11.4 Å². The molecule has 9 heteroatoms. The first-order valence-corrected chi connectivity index (χ1v) is 15.7. The van der Waals surface area contributed by atoms with Gasteiger partial charge in [-0.1, -0.05) is 103 Å². The second kappa shape index (κ2) is 22.3. The Kier molecular flexibility index (Phi) is 20.9. The number of hydrogen-bond acceptors (Lipinski definition) is 6. The highest BCUT2D eigenvalue weighted by Crippen LogP contribution is 2.26. The van der Waals surface area contributed by atoms with Crippen molar-refractivity contribution in [2.24, 2.45) is 0 Å². The highest BCUT2D eigenvalue weighted by molar-refractivity contribution is 7.79. The number of aromatic hydroxyl groups is 2. The molecule has 8 N–H and O–H groups in total. The highest BCUT2D eigenvalue weighted by Gasteiger charge is 2.05. The van der Waals surface area contributed by atoms with Crippen LogP contribution in [0.3, 0.4) is 0 Å². The maximum absolute atomic E-state index is 9.68. The number of benzene rings is 2. The second-order valence-electron chi connectivity index (χ2n) is 9.88. The molecule has 0 atom stereocenters. The van der Waals surface area contributed by atoms with E-state index in [0.29, 0.717) is 11.5 Å². The summed E-state index contributed by atoms with van der Waals surface area (Å²) >= 11 is 0. The number of nitrogens with two attached hydrogens (primary N) is 2.